The van der Waals surface area contributed by atoms with Gasteiger partial charge in [0.25, 0.3) is 0 Å². The summed E-state index contributed by atoms with van der Waals surface area (Å²) >= 11 is 0. The fourth-order valence-corrected chi connectivity index (χ4v) is 4.23. The zero-order valence-electron chi connectivity index (χ0n) is 15.7. The first-order chi connectivity index (χ1) is 12.9. The van der Waals surface area contributed by atoms with Crippen molar-refractivity contribution in [1.82, 2.24) is 0 Å². The average Bonchev–Trinajstić information content (AvgIpc) is 2.65. The van der Waals surface area contributed by atoms with Crippen molar-refractivity contribution in [3.05, 3.63) is 46.5 Å². The number of benzene rings is 2. The largest absolute Gasteiger partial charge is 0.504 e. The van der Waals surface area contributed by atoms with Gasteiger partial charge >= 0.3 is 5.97 Å². The molecule has 3 rings (SSSR count). The first-order valence-electron chi connectivity index (χ1n) is 8.86. The van der Waals surface area contributed by atoms with E-state index in [9.17, 15) is 20.1 Å². The maximum Gasteiger partial charge on any atom is 0.303 e. The van der Waals surface area contributed by atoms with Crippen molar-refractivity contribution in [1.29, 1.82) is 0 Å². The maximum absolute atomic E-state index is 11.5. The molecule has 27 heavy (non-hydrogen) atoms. The van der Waals surface area contributed by atoms with Gasteiger partial charge in [0.1, 0.15) is 0 Å². The van der Waals surface area contributed by atoms with Crippen LogP contribution in [0.4, 0.5) is 0 Å². The van der Waals surface area contributed by atoms with Gasteiger partial charge in [-0.3, -0.25) is 4.79 Å². The second-order valence-electron chi connectivity index (χ2n) is 6.88. The molecule has 2 aromatic carbocycles. The molecule has 0 saturated carbocycles. The van der Waals surface area contributed by atoms with Crippen molar-refractivity contribution in [2.75, 3.05) is 14.2 Å². The molecule has 6 nitrogen and oxygen atoms in total. The highest BCUT2D eigenvalue weighted by molar-refractivity contribution is 5.70. The Morgan fingerprint density at radius 2 is 1.74 bits per heavy atom. The molecule has 0 fully saturated rings. The van der Waals surface area contributed by atoms with Crippen LogP contribution in [0.1, 0.15) is 41.0 Å². The molecular formula is C21H24O6. The average molecular weight is 372 g/mol. The molecule has 0 heterocycles. The van der Waals surface area contributed by atoms with E-state index in [1.165, 1.54) is 14.2 Å². The van der Waals surface area contributed by atoms with Gasteiger partial charge in [-0.15, -0.1) is 0 Å². The van der Waals surface area contributed by atoms with Gasteiger partial charge in [0.2, 0.25) is 11.5 Å². The van der Waals surface area contributed by atoms with E-state index in [1.54, 1.807) is 6.92 Å². The molecule has 0 saturated heterocycles. The number of phenols is 2. The Balaban J connectivity index is 2.28. The maximum atomic E-state index is 11.5. The number of hydrogen-bond donors (Lipinski definition) is 3. The summed E-state index contributed by atoms with van der Waals surface area (Å²) in [6.45, 7) is 1.70. The van der Waals surface area contributed by atoms with E-state index < -0.39 is 5.97 Å². The topological polar surface area (TPSA) is 96.2 Å². The Labute approximate surface area is 158 Å². The van der Waals surface area contributed by atoms with Gasteiger partial charge in [-0.1, -0.05) is 24.3 Å². The lowest BCUT2D eigenvalue weighted by Crippen LogP contribution is -2.25. The summed E-state index contributed by atoms with van der Waals surface area (Å²) in [5.74, 6) is -1.58. The van der Waals surface area contributed by atoms with E-state index in [1.807, 2.05) is 24.3 Å². The highest BCUT2D eigenvalue weighted by atomic mass is 16.5. The highest BCUT2D eigenvalue weighted by Gasteiger charge is 2.37. The fraction of sp³-hybridized carbons (Fsp3) is 0.381. The van der Waals surface area contributed by atoms with Crippen LogP contribution in [0.3, 0.4) is 0 Å². The lowest BCUT2D eigenvalue weighted by Gasteiger charge is -2.35. The molecule has 0 aromatic heterocycles. The quantitative estimate of drug-likeness (QED) is 0.694. The van der Waals surface area contributed by atoms with Gasteiger partial charge in [0.15, 0.2) is 11.5 Å². The van der Waals surface area contributed by atoms with Crippen molar-refractivity contribution in [3.63, 3.8) is 0 Å². The predicted octanol–water partition coefficient (Wildman–Crippen LogP) is 3.59. The zero-order chi connectivity index (χ0) is 19.7. The molecule has 1 aliphatic rings. The number of rotatable bonds is 5. The molecule has 2 atom stereocenters. The van der Waals surface area contributed by atoms with Crippen molar-refractivity contribution < 1.29 is 29.6 Å². The molecule has 0 unspecified atom stereocenters. The molecule has 0 bridgehead atoms. The van der Waals surface area contributed by atoms with Gasteiger partial charge in [-0.05, 0) is 36.8 Å². The van der Waals surface area contributed by atoms with E-state index in [2.05, 4.69) is 0 Å². The Bertz CT molecular complexity index is 873. The first-order valence-corrected chi connectivity index (χ1v) is 8.86. The second-order valence-corrected chi connectivity index (χ2v) is 6.88. The van der Waals surface area contributed by atoms with Gasteiger partial charge in [0, 0.05) is 23.5 Å². The van der Waals surface area contributed by atoms with Crippen LogP contribution in [0.5, 0.6) is 23.0 Å². The van der Waals surface area contributed by atoms with Crippen LogP contribution in [0.15, 0.2) is 24.3 Å². The van der Waals surface area contributed by atoms with Crippen LogP contribution >= 0.6 is 0 Å². The standard InChI is InChI=1S/C21H24O6/c1-11-16(19(25)21(27-3)20(26-2)18(11)24)17-13(10-15(22)23)9-8-12-6-4-5-7-14(12)17/h4-7,13,17,24-25H,8-10H2,1-3H3,(H,22,23)/t13-,17-/m1/s1. The van der Waals surface area contributed by atoms with Gasteiger partial charge in [0.05, 0.1) is 14.2 Å². The number of aliphatic carboxylic acids is 1. The molecule has 6 heteroatoms. The lowest BCUT2D eigenvalue weighted by molar-refractivity contribution is -0.138. The van der Waals surface area contributed by atoms with Crippen LogP contribution in [-0.2, 0) is 11.2 Å². The van der Waals surface area contributed by atoms with Gasteiger partial charge < -0.3 is 24.8 Å². The Hall–Kier alpha value is -2.89. The van der Waals surface area contributed by atoms with E-state index in [4.69, 9.17) is 9.47 Å². The Morgan fingerprint density at radius 1 is 1.11 bits per heavy atom. The first kappa shape index (κ1) is 18.9. The normalized spacial score (nSPS) is 18.6. The van der Waals surface area contributed by atoms with E-state index >= 15 is 0 Å². The number of carboxylic acid groups (broad SMARTS) is 1. The molecule has 0 amide bonds. The number of carboxylic acids is 1. The number of carbonyl (C=O) groups is 1. The molecule has 3 N–H and O–H groups in total. The van der Waals surface area contributed by atoms with Crippen LogP contribution in [0, 0.1) is 12.8 Å². The summed E-state index contributed by atoms with van der Waals surface area (Å²) in [4.78, 5) is 11.5. The molecule has 0 spiro atoms. The van der Waals surface area contributed by atoms with E-state index in [0.717, 1.165) is 17.5 Å². The minimum absolute atomic E-state index is 0.0208. The predicted molar refractivity (Wildman–Crippen MR) is 100.0 cm³/mol. The summed E-state index contributed by atoms with van der Waals surface area (Å²) in [5, 5.41) is 31.0. The minimum atomic E-state index is -0.883. The van der Waals surface area contributed by atoms with Crippen molar-refractivity contribution in [3.8, 4) is 23.0 Å². The fourth-order valence-electron chi connectivity index (χ4n) is 4.23. The molecule has 144 valence electrons. The van der Waals surface area contributed by atoms with Crippen LogP contribution in [-0.4, -0.2) is 35.5 Å². The third kappa shape index (κ3) is 3.16. The summed E-state index contributed by atoms with van der Waals surface area (Å²) in [7, 11) is 2.78. The van der Waals surface area contributed by atoms with Crippen molar-refractivity contribution in [2.24, 2.45) is 5.92 Å². The number of ether oxygens (including phenoxy) is 2. The number of fused-ring (bicyclic) bond motifs is 1. The monoisotopic (exact) mass is 372 g/mol. The summed E-state index contributed by atoms with van der Waals surface area (Å²) in [5.41, 5.74) is 3.04. The number of methoxy groups -OCH3 is 2. The number of aromatic hydroxyl groups is 2. The van der Waals surface area contributed by atoms with E-state index in [-0.39, 0.29) is 41.3 Å². The third-order valence-electron chi connectivity index (χ3n) is 5.45. The minimum Gasteiger partial charge on any atom is -0.504 e. The van der Waals surface area contributed by atoms with Gasteiger partial charge in [-0.25, -0.2) is 0 Å². The molecule has 2 aromatic rings. The molecular weight excluding hydrogens is 348 g/mol. The zero-order valence-corrected chi connectivity index (χ0v) is 15.7. The van der Waals surface area contributed by atoms with Crippen molar-refractivity contribution >= 4 is 5.97 Å². The van der Waals surface area contributed by atoms with Crippen molar-refractivity contribution in [2.45, 2.75) is 32.1 Å². The third-order valence-corrected chi connectivity index (χ3v) is 5.45. The summed E-state index contributed by atoms with van der Waals surface area (Å²) < 4.78 is 10.5. The highest BCUT2D eigenvalue weighted by Crippen LogP contribution is 2.54. The Morgan fingerprint density at radius 3 is 2.37 bits per heavy atom. The molecule has 0 radical (unpaired) electrons. The van der Waals surface area contributed by atoms with Crippen LogP contribution in [0.25, 0.3) is 0 Å². The molecule has 1 aliphatic carbocycles. The van der Waals surface area contributed by atoms with Gasteiger partial charge in [-0.2, -0.15) is 0 Å². The number of phenolic OH excluding ortho intramolecular Hbond substituents is 2. The second kappa shape index (κ2) is 7.39. The molecule has 0 aliphatic heterocycles. The SMILES string of the molecule is COc1c(O)c(C)c([C@H]2c3ccccc3CC[C@@H]2CC(=O)O)c(O)c1OC. The number of hydrogen-bond acceptors (Lipinski definition) is 5. The summed E-state index contributed by atoms with van der Waals surface area (Å²) in [6, 6.07) is 7.83. The number of aryl methyl sites for hydroxylation is 1. The van der Waals surface area contributed by atoms with E-state index in [0.29, 0.717) is 17.5 Å². The Kier molecular flexibility index (Phi) is 5.17. The lowest BCUT2D eigenvalue weighted by atomic mass is 9.69. The van der Waals surface area contributed by atoms with Crippen LogP contribution in [0.2, 0.25) is 0 Å². The smallest absolute Gasteiger partial charge is 0.303 e. The summed E-state index contributed by atoms with van der Waals surface area (Å²) in [6.07, 6.45) is 1.44. The van der Waals surface area contributed by atoms with Crippen LogP contribution < -0.4 is 9.47 Å².